The zero-order chi connectivity index (χ0) is 12.3. The number of benzene rings is 1. The van der Waals surface area contributed by atoms with Gasteiger partial charge in [-0.15, -0.1) is 0 Å². The lowest BCUT2D eigenvalue weighted by Crippen LogP contribution is -2.09. The summed E-state index contributed by atoms with van der Waals surface area (Å²) in [5, 5.41) is 0.443. The first-order valence-electron chi connectivity index (χ1n) is 4.32. The number of rotatable bonds is 3. The molecule has 1 nitrogen and oxygen atoms in total. The zero-order valence-electron chi connectivity index (χ0n) is 7.94. The van der Waals surface area contributed by atoms with Gasteiger partial charge in [0, 0.05) is 20.9 Å². The van der Waals surface area contributed by atoms with Gasteiger partial charge in [0.05, 0.1) is 5.56 Å². The van der Waals surface area contributed by atoms with E-state index in [1.807, 2.05) is 22.6 Å². The van der Waals surface area contributed by atoms with Crippen molar-refractivity contribution in [1.29, 1.82) is 0 Å². The van der Waals surface area contributed by atoms with E-state index in [-0.39, 0.29) is 17.8 Å². The fourth-order valence-electron chi connectivity index (χ4n) is 1.14. The molecule has 1 aromatic rings. The molecule has 0 unspecified atom stereocenters. The minimum Gasteiger partial charge on any atom is -0.294 e. The quantitative estimate of drug-likeness (QED) is 0.416. The van der Waals surface area contributed by atoms with Crippen molar-refractivity contribution in [2.45, 2.75) is 12.6 Å². The molecule has 0 bridgehead atoms. The third kappa shape index (κ3) is 3.44. The molecule has 0 aliphatic rings. The van der Waals surface area contributed by atoms with Gasteiger partial charge in [-0.2, -0.15) is 13.2 Å². The number of Topliss-reactive ketones (excluding diaryl/α,β-unsaturated/α-hetero) is 1. The third-order valence-electron chi connectivity index (χ3n) is 1.92. The summed E-state index contributed by atoms with van der Waals surface area (Å²) in [5.74, 6) is -0.285. The van der Waals surface area contributed by atoms with Crippen LogP contribution in [0.1, 0.15) is 22.3 Å². The van der Waals surface area contributed by atoms with Crippen molar-refractivity contribution in [2.24, 2.45) is 0 Å². The van der Waals surface area contributed by atoms with Crippen molar-refractivity contribution in [3.63, 3.8) is 0 Å². The maximum Gasteiger partial charge on any atom is 0.416 e. The number of hydrogen-bond acceptors (Lipinski definition) is 1. The van der Waals surface area contributed by atoms with Crippen molar-refractivity contribution >= 4 is 44.3 Å². The Labute approximate surface area is 113 Å². The molecule has 0 amide bonds. The van der Waals surface area contributed by atoms with E-state index in [0.717, 1.165) is 12.1 Å². The molecule has 0 aliphatic carbocycles. The molecule has 0 radical (unpaired) electrons. The van der Waals surface area contributed by atoms with Crippen molar-refractivity contribution in [3.05, 3.63) is 32.9 Å². The molecule has 0 atom stereocenters. The van der Waals surface area contributed by atoms with Gasteiger partial charge in [-0.1, -0.05) is 15.9 Å². The van der Waals surface area contributed by atoms with Crippen LogP contribution < -0.4 is 0 Å². The van der Waals surface area contributed by atoms with Gasteiger partial charge in [-0.3, -0.25) is 4.79 Å². The SMILES string of the molecule is O=C(CCBr)c1cc(C(F)(F)F)ccc1I. The number of carbonyl (C=O) groups is 1. The monoisotopic (exact) mass is 406 g/mol. The Morgan fingerprint density at radius 3 is 2.50 bits per heavy atom. The maximum atomic E-state index is 12.4. The summed E-state index contributed by atoms with van der Waals surface area (Å²) < 4.78 is 37.8. The Bertz CT molecular complexity index is 404. The van der Waals surface area contributed by atoms with E-state index in [2.05, 4.69) is 15.9 Å². The van der Waals surface area contributed by atoms with Crippen LogP contribution in [0.3, 0.4) is 0 Å². The number of ketones is 1. The number of carbonyl (C=O) groups excluding carboxylic acids is 1. The molecule has 88 valence electrons. The summed E-state index contributed by atoms with van der Waals surface area (Å²) in [4.78, 5) is 11.5. The van der Waals surface area contributed by atoms with Gasteiger partial charge in [0.15, 0.2) is 5.78 Å². The predicted octanol–water partition coefficient (Wildman–Crippen LogP) is 4.28. The molecule has 0 aromatic heterocycles. The minimum atomic E-state index is -4.41. The normalized spacial score (nSPS) is 11.6. The van der Waals surface area contributed by atoms with Crippen LogP contribution in [0.4, 0.5) is 13.2 Å². The first-order chi connectivity index (χ1) is 7.36. The van der Waals surface area contributed by atoms with Crippen molar-refractivity contribution < 1.29 is 18.0 Å². The second-order valence-corrected chi connectivity index (χ2v) is 5.01. The highest BCUT2D eigenvalue weighted by Crippen LogP contribution is 2.31. The summed E-state index contributed by atoms with van der Waals surface area (Å²) in [6.45, 7) is 0. The van der Waals surface area contributed by atoms with E-state index < -0.39 is 11.7 Å². The fraction of sp³-hybridized carbons (Fsp3) is 0.300. The first-order valence-corrected chi connectivity index (χ1v) is 6.52. The molecule has 1 rings (SSSR count). The topological polar surface area (TPSA) is 17.1 Å². The van der Waals surface area contributed by atoms with E-state index in [1.165, 1.54) is 6.07 Å². The van der Waals surface area contributed by atoms with Crippen LogP contribution in [0.15, 0.2) is 18.2 Å². The molecule has 0 N–H and O–H groups in total. The van der Waals surface area contributed by atoms with Gasteiger partial charge in [0.1, 0.15) is 0 Å². The van der Waals surface area contributed by atoms with E-state index >= 15 is 0 Å². The second kappa shape index (κ2) is 5.48. The Kier molecular flexibility index (Phi) is 4.78. The van der Waals surface area contributed by atoms with Gasteiger partial charge >= 0.3 is 6.18 Å². The molecular formula is C10H7BrF3IO. The summed E-state index contributed by atoms with van der Waals surface area (Å²) >= 11 is 4.94. The highest BCUT2D eigenvalue weighted by molar-refractivity contribution is 14.1. The summed E-state index contributed by atoms with van der Waals surface area (Å²) in [7, 11) is 0. The lowest BCUT2D eigenvalue weighted by molar-refractivity contribution is -0.137. The fourth-order valence-corrected chi connectivity index (χ4v) is 2.13. The van der Waals surface area contributed by atoms with Crippen molar-refractivity contribution in [1.82, 2.24) is 0 Å². The zero-order valence-corrected chi connectivity index (χ0v) is 11.7. The maximum absolute atomic E-state index is 12.4. The van der Waals surface area contributed by atoms with Crippen LogP contribution in [0.25, 0.3) is 0 Å². The average molecular weight is 407 g/mol. The van der Waals surface area contributed by atoms with Crippen LogP contribution in [-0.2, 0) is 6.18 Å². The Morgan fingerprint density at radius 2 is 2.00 bits per heavy atom. The van der Waals surface area contributed by atoms with E-state index in [1.54, 1.807) is 0 Å². The van der Waals surface area contributed by atoms with Crippen LogP contribution in [0.5, 0.6) is 0 Å². The molecule has 16 heavy (non-hydrogen) atoms. The highest BCUT2D eigenvalue weighted by atomic mass is 127. The second-order valence-electron chi connectivity index (χ2n) is 3.05. The number of alkyl halides is 4. The Morgan fingerprint density at radius 1 is 1.38 bits per heavy atom. The Balaban J connectivity index is 3.14. The molecule has 0 aliphatic heterocycles. The van der Waals surface area contributed by atoms with E-state index in [9.17, 15) is 18.0 Å². The Hall–Kier alpha value is -0.110. The molecule has 0 saturated heterocycles. The number of hydrogen-bond donors (Lipinski definition) is 0. The van der Waals surface area contributed by atoms with Gasteiger partial charge in [-0.05, 0) is 40.8 Å². The van der Waals surface area contributed by atoms with Gasteiger partial charge in [0.2, 0.25) is 0 Å². The molecule has 0 spiro atoms. The van der Waals surface area contributed by atoms with Crippen LogP contribution in [0, 0.1) is 3.57 Å². The smallest absolute Gasteiger partial charge is 0.294 e. The molecule has 0 fully saturated rings. The highest BCUT2D eigenvalue weighted by Gasteiger charge is 2.31. The molecule has 0 heterocycles. The summed E-state index contributed by atoms with van der Waals surface area (Å²) in [6.07, 6.45) is -4.22. The van der Waals surface area contributed by atoms with E-state index in [0.29, 0.717) is 8.90 Å². The van der Waals surface area contributed by atoms with Gasteiger partial charge in [0.25, 0.3) is 0 Å². The minimum absolute atomic E-state index is 0.134. The van der Waals surface area contributed by atoms with Crippen molar-refractivity contribution in [2.75, 3.05) is 5.33 Å². The number of halogens is 5. The van der Waals surface area contributed by atoms with Crippen LogP contribution in [0.2, 0.25) is 0 Å². The lowest BCUT2D eigenvalue weighted by Gasteiger charge is -2.09. The van der Waals surface area contributed by atoms with E-state index in [4.69, 9.17) is 0 Å². The largest absolute Gasteiger partial charge is 0.416 e. The standard InChI is InChI=1S/C10H7BrF3IO/c11-4-3-9(16)7-5-6(10(12,13)14)1-2-8(7)15/h1-2,5H,3-4H2. The molecule has 6 heteroatoms. The molecule has 1 aromatic carbocycles. The van der Waals surface area contributed by atoms with Gasteiger partial charge in [-0.25, -0.2) is 0 Å². The third-order valence-corrected chi connectivity index (χ3v) is 3.25. The summed E-state index contributed by atoms with van der Waals surface area (Å²) in [5.41, 5.74) is -0.652. The molecule has 0 saturated carbocycles. The van der Waals surface area contributed by atoms with Crippen molar-refractivity contribution in [3.8, 4) is 0 Å². The average Bonchev–Trinajstić information content (AvgIpc) is 2.16. The van der Waals surface area contributed by atoms with Crippen LogP contribution >= 0.6 is 38.5 Å². The first kappa shape index (κ1) is 14.0. The van der Waals surface area contributed by atoms with Crippen LogP contribution in [-0.4, -0.2) is 11.1 Å². The predicted molar refractivity (Wildman–Crippen MR) is 66.9 cm³/mol. The van der Waals surface area contributed by atoms with Gasteiger partial charge < -0.3 is 0 Å². The molecular weight excluding hydrogens is 400 g/mol. The lowest BCUT2D eigenvalue weighted by atomic mass is 10.1. The summed E-state index contributed by atoms with van der Waals surface area (Å²) in [6, 6.07) is 3.20.